The number of carbonyl (C=O) groups is 1. The molecule has 0 bridgehead atoms. The number of aromatic nitrogens is 2. The van der Waals surface area contributed by atoms with Crippen LogP contribution in [0.5, 0.6) is 0 Å². The van der Waals surface area contributed by atoms with Gasteiger partial charge in [-0.1, -0.05) is 6.07 Å². The Labute approximate surface area is 93.3 Å². The van der Waals surface area contributed by atoms with Crippen LogP contribution >= 0.6 is 0 Å². The minimum atomic E-state index is 0.161. The second-order valence-corrected chi connectivity index (χ2v) is 4.21. The molecular weight excluding hydrogens is 202 g/mol. The lowest BCUT2D eigenvalue weighted by molar-refractivity contribution is -0.119. The van der Waals surface area contributed by atoms with Gasteiger partial charge in [0.1, 0.15) is 5.65 Å². The summed E-state index contributed by atoms with van der Waals surface area (Å²) in [6, 6.07) is 6.20. The van der Waals surface area contributed by atoms with Gasteiger partial charge < -0.3 is 9.72 Å². The average molecular weight is 215 g/mol. The number of fused-ring (bicyclic) bond motifs is 1. The largest absolute Gasteiger partial charge is 0.353 e. The van der Waals surface area contributed by atoms with Gasteiger partial charge in [-0.15, -0.1) is 0 Å². The normalized spacial score (nSPS) is 20.2. The SMILES string of the molecule is O=C1CCC(Cc2cn3ccccc3n2)N1. The van der Waals surface area contributed by atoms with Crippen molar-refractivity contribution in [1.29, 1.82) is 0 Å². The van der Waals surface area contributed by atoms with E-state index in [0.29, 0.717) is 6.42 Å². The van der Waals surface area contributed by atoms with Crippen LogP contribution in [0.15, 0.2) is 30.6 Å². The molecule has 1 amide bonds. The Bertz CT molecular complexity index is 499. The maximum absolute atomic E-state index is 11.1. The highest BCUT2D eigenvalue weighted by atomic mass is 16.1. The highest BCUT2D eigenvalue weighted by Crippen LogP contribution is 2.13. The summed E-state index contributed by atoms with van der Waals surface area (Å²) in [5, 5.41) is 2.96. The zero-order chi connectivity index (χ0) is 11.0. The van der Waals surface area contributed by atoms with Gasteiger partial charge >= 0.3 is 0 Å². The molecule has 0 saturated carbocycles. The molecule has 2 aromatic heterocycles. The summed E-state index contributed by atoms with van der Waals surface area (Å²) in [7, 11) is 0. The van der Waals surface area contributed by atoms with Gasteiger partial charge in [0.2, 0.25) is 5.91 Å². The highest BCUT2D eigenvalue weighted by Gasteiger charge is 2.21. The topological polar surface area (TPSA) is 46.4 Å². The molecular formula is C12H13N3O. The highest BCUT2D eigenvalue weighted by molar-refractivity contribution is 5.78. The van der Waals surface area contributed by atoms with Gasteiger partial charge in [-0.2, -0.15) is 0 Å². The first-order valence-corrected chi connectivity index (χ1v) is 5.53. The van der Waals surface area contributed by atoms with E-state index in [2.05, 4.69) is 10.3 Å². The molecule has 0 aliphatic carbocycles. The molecule has 16 heavy (non-hydrogen) atoms. The summed E-state index contributed by atoms with van der Waals surface area (Å²) in [5.41, 5.74) is 2.00. The van der Waals surface area contributed by atoms with Gasteiger partial charge in [-0.05, 0) is 18.6 Å². The predicted molar refractivity (Wildman–Crippen MR) is 60.1 cm³/mol. The van der Waals surface area contributed by atoms with Crippen LogP contribution < -0.4 is 5.32 Å². The number of hydrogen-bond acceptors (Lipinski definition) is 2. The Balaban J connectivity index is 1.81. The molecule has 4 heteroatoms. The van der Waals surface area contributed by atoms with E-state index >= 15 is 0 Å². The summed E-state index contributed by atoms with van der Waals surface area (Å²) in [6.45, 7) is 0. The molecule has 3 heterocycles. The number of amides is 1. The summed E-state index contributed by atoms with van der Waals surface area (Å²) in [5.74, 6) is 0.161. The number of rotatable bonds is 2. The zero-order valence-corrected chi connectivity index (χ0v) is 8.89. The lowest BCUT2D eigenvalue weighted by atomic mass is 10.1. The molecule has 1 saturated heterocycles. The van der Waals surface area contributed by atoms with Crippen molar-refractivity contribution in [3.8, 4) is 0 Å². The van der Waals surface area contributed by atoms with Gasteiger partial charge in [0.05, 0.1) is 5.69 Å². The summed E-state index contributed by atoms with van der Waals surface area (Å²) >= 11 is 0. The van der Waals surface area contributed by atoms with E-state index < -0.39 is 0 Å². The number of hydrogen-bond donors (Lipinski definition) is 1. The van der Waals surface area contributed by atoms with E-state index in [1.165, 1.54) is 0 Å². The quantitative estimate of drug-likeness (QED) is 0.817. The number of imidazole rings is 1. The zero-order valence-electron chi connectivity index (χ0n) is 8.89. The van der Waals surface area contributed by atoms with E-state index in [4.69, 9.17) is 0 Å². The first-order valence-electron chi connectivity index (χ1n) is 5.53. The van der Waals surface area contributed by atoms with Crippen LogP contribution in [0.4, 0.5) is 0 Å². The fraction of sp³-hybridized carbons (Fsp3) is 0.333. The standard InChI is InChI=1S/C12H13N3O/c16-12-5-4-9(14-12)7-10-8-15-6-2-1-3-11(15)13-10/h1-3,6,8-9H,4-5,7H2,(H,14,16). The van der Waals surface area contributed by atoms with Crippen molar-refractivity contribution in [2.24, 2.45) is 0 Å². The van der Waals surface area contributed by atoms with Crippen LogP contribution in [0.2, 0.25) is 0 Å². The third kappa shape index (κ3) is 1.66. The summed E-state index contributed by atoms with van der Waals surface area (Å²) in [6.07, 6.45) is 6.41. The molecule has 3 rings (SSSR count). The van der Waals surface area contributed by atoms with Crippen LogP contribution in [0.1, 0.15) is 18.5 Å². The van der Waals surface area contributed by atoms with Crippen LogP contribution in [0, 0.1) is 0 Å². The Morgan fingerprint density at radius 3 is 3.19 bits per heavy atom. The van der Waals surface area contributed by atoms with Crippen molar-refractivity contribution in [3.63, 3.8) is 0 Å². The van der Waals surface area contributed by atoms with Crippen molar-refractivity contribution in [3.05, 3.63) is 36.3 Å². The molecule has 1 fully saturated rings. The van der Waals surface area contributed by atoms with E-state index in [-0.39, 0.29) is 11.9 Å². The van der Waals surface area contributed by atoms with E-state index in [9.17, 15) is 4.79 Å². The second-order valence-electron chi connectivity index (χ2n) is 4.21. The summed E-state index contributed by atoms with van der Waals surface area (Å²) in [4.78, 5) is 15.6. The second kappa shape index (κ2) is 3.63. The molecule has 1 aliphatic heterocycles. The Morgan fingerprint density at radius 2 is 2.44 bits per heavy atom. The maximum atomic E-state index is 11.1. The minimum Gasteiger partial charge on any atom is -0.353 e. The number of carbonyl (C=O) groups excluding carboxylic acids is 1. The van der Waals surface area contributed by atoms with Gasteiger partial charge in [-0.25, -0.2) is 4.98 Å². The van der Waals surface area contributed by atoms with Crippen LogP contribution in [0.25, 0.3) is 5.65 Å². The molecule has 0 aromatic carbocycles. The third-order valence-electron chi connectivity index (χ3n) is 2.95. The van der Waals surface area contributed by atoms with Crippen molar-refractivity contribution < 1.29 is 4.79 Å². The molecule has 0 spiro atoms. The lowest BCUT2D eigenvalue weighted by Gasteiger charge is -2.06. The van der Waals surface area contributed by atoms with Gasteiger partial charge in [0.15, 0.2) is 0 Å². The predicted octanol–water partition coefficient (Wildman–Crippen LogP) is 1.16. The van der Waals surface area contributed by atoms with Crippen molar-refractivity contribution >= 4 is 11.6 Å². The minimum absolute atomic E-state index is 0.161. The molecule has 82 valence electrons. The Hall–Kier alpha value is -1.84. The molecule has 1 N–H and O–H groups in total. The van der Waals surface area contributed by atoms with E-state index in [1.54, 1.807) is 0 Å². The van der Waals surface area contributed by atoms with Crippen molar-refractivity contribution in [2.45, 2.75) is 25.3 Å². The monoisotopic (exact) mass is 215 g/mol. The molecule has 1 aliphatic rings. The lowest BCUT2D eigenvalue weighted by Crippen LogP contribution is -2.27. The smallest absolute Gasteiger partial charge is 0.220 e. The number of nitrogens with zero attached hydrogens (tertiary/aromatic N) is 2. The van der Waals surface area contributed by atoms with E-state index in [1.807, 2.05) is 35.0 Å². The van der Waals surface area contributed by atoms with Crippen LogP contribution in [-0.4, -0.2) is 21.3 Å². The number of nitrogens with one attached hydrogen (secondary N) is 1. The average Bonchev–Trinajstić information content (AvgIpc) is 2.84. The van der Waals surface area contributed by atoms with Gasteiger partial charge in [0, 0.05) is 31.3 Å². The summed E-state index contributed by atoms with van der Waals surface area (Å²) < 4.78 is 2.01. The molecule has 4 nitrogen and oxygen atoms in total. The van der Waals surface area contributed by atoms with Gasteiger partial charge in [-0.3, -0.25) is 4.79 Å². The fourth-order valence-corrected chi connectivity index (χ4v) is 2.17. The van der Waals surface area contributed by atoms with Crippen LogP contribution in [0.3, 0.4) is 0 Å². The molecule has 1 unspecified atom stereocenters. The third-order valence-corrected chi connectivity index (χ3v) is 2.95. The first-order chi connectivity index (χ1) is 7.81. The molecule has 2 aromatic rings. The molecule has 1 atom stereocenters. The van der Waals surface area contributed by atoms with Gasteiger partial charge in [0.25, 0.3) is 0 Å². The van der Waals surface area contributed by atoms with Crippen molar-refractivity contribution in [1.82, 2.24) is 14.7 Å². The number of pyridine rings is 1. The maximum Gasteiger partial charge on any atom is 0.220 e. The molecule has 0 radical (unpaired) electrons. The Morgan fingerprint density at radius 1 is 1.50 bits per heavy atom. The fourth-order valence-electron chi connectivity index (χ4n) is 2.17. The van der Waals surface area contributed by atoms with Crippen molar-refractivity contribution in [2.75, 3.05) is 0 Å². The van der Waals surface area contributed by atoms with Crippen LogP contribution in [-0.2, 0) is 11.2 Å². The Kier molecular flexibility index (Phi) is 2.13. The first kappa shape index (κ1) is 9.39. The van der Waals surface area contributed by atoms with E-state index in [0.717, 1.165) is 24.2 Å².